The van der Waals surface area contributed by atoms with Crippen molar-refractivity contribution >= 4 is 17.8 Å². The van der Waals surface area contributed by atoms with E-state index in [1.165, 1.54) is 40.8 Å². The minimum Gasteiger partial charge on any atom is -0.385 e. The number of likely N-dealkylation sites (tertiary alicyclic amines) is 1. The van der Waals surface area contributed by atoms with Gasteiger partial charge in [0.15, 0.2) is 0 Å². The summed E-state index contributed by atoms with van der Waals surface area (Å²) >= 11 is 0. The maximum Gasteiger partial charge on any atom is 0.241 e. The van der Waals surface area contributed by atoms with Gasteiger partial charge >= 0.3 is 0 Å². The topological polar surface area (TPSA) is 99.5 Å². The molecular formula is C44H63N5O2. The fourth-order valence-corrected chi connectivity index (χ4v) is 5.17. The molecule has 276 valence electrons. The highest BCUT2D eigenvalue weighted by Crippen LogP contribution is 2.23. The molecule has 1 aliphatic heterocycles. The Kier molecular flexibility index (Phi) is 26.3. The molecule has 51 heavy (non-hydrogen) atoms. The largest absolute Gasteiger partial charge is 0.385 e. The fourth-order valence-electron chi connectivity index (χ4n) is 5.17. The van der Waals surface area contributed by atoms with E-state index >= 15 is 0 Å². The van der Waals surface area contributed by atoms with Crippen LogP contribution >= 0.6 is 0 Å². The SMILES string of the molecule is C#C/C=C(\C=C)NC(=O)[C@@H]1CCCN1C[C@H](NC)c1ccccc1.C=C/C(=C\C=C(\CCN)c1ccc(C)c(C)c1)NCCC.C=CC.CC=O. The number of nitrogens with two attached hydrogens (primary N) is 1. The lowest BCUT2D eigenvalue weighted by molar-refractivity contribution is -0.124. The Hall–Kier alpha value is -4.74. The molecule has 2 aromatic carbocycles. The molecule has 2 aromatic rings. The second-order valence-electron chi connectivity index (χ2n) is 11.8. The number of aryl methyl sites for hydroxylation is 2. The maximum atomic E-state index is 12.6. The first kappa shape index (κ1) is 46.3. The lowest BCUT2D eigenvalue weighted by atomic mass is 9.98. The fraction of sp³-hybridized carbons (Fsp3) is 0.364. The van der Waals surface area contributed by atoms with Crippen molar-refractivity contribution in [3.63, 3.8) is 0 Å². The van der Waals surface area contributed by atoms with Crippen molar-refractivity contribution < 1.29 is 9.59 Å². The van der Waals surface area contributed by atoms with Crippen molar-refractivity contribution in [3.8, 4) is 12.3 Å². The highest BCUT2D eigenvalue weighted by molar-refractivity contribution is 5.84. The van der Waals surface area contributed by atoms with Crippen molar-refractivity contribution in [2.75, 3.05) is 33.2 Å². The van der Waals surface area contributed by atoms with Crippen LogP contribution in [0.25, 0.3) is 5.57 Å². The van der Waals surface area contributed by atoms with Crippen molar-refractivity contribution in [3.05, 3.63) is 138 Å². The first-order valence-electron chi connectivity index (χ1n) is 17.7. The average molecular weight is 694 g/mol. The van der Waals surface area contributed by atoms with Crippen LogP contribution < -0.4 is 21.7 Å². The van der Waals surface area contributed by atoms with Gasteiger partial charge in [0.05, 0.1) is 6.04 Å². The quantitative estimate of drug-likeness (QED) is 0.0660. The molecule has 1 amide bonds. The van der Waals surface area contributed by atoms with Crippen LogP contribution in [0, 0.1) is 26.2 Å². The van der Waals surface area contributed by atoms with Crippen LogP contribution in [-0.4, -0.2) is 56.4 Å². The lowest BCUT2D eigenvalue weighted by Gasteiger charge is -2.28. The minimum atomic E-state index is -0.134. The Balaban J connectivity index is 0.000000855. The first-order valence-corrected chi connectivity index (χ1v) is 17.7. The van der Waals surface area contributed by atoms with E-state index in [2.05, 4.69) is 110 Å². The molecule has 1 saturated heterocycles. The molecule has 5 N–H and O–H groups in total. The van der Waals surface area contributed by atoms with Crippen LogP contribution in [0.3, 0.4) is 0 Å². The Labute approximate surface area is 309 Å². The van der Waals surface area contributed by atoms with Gasteiger partial charge in [0.2, 0.25) is 5.91 Å². The van der Waals surface area contributed by atoms with E-state index < -0.39 is 0 Å². The number of amides is 1. The van der Waals surface area contributed by atoms with Gasteiger partial charge in [-0.15, -0.1) is 13.0 Å². The molecule has 2 atom stereocenters. The number of hydrogen-bond acceptors (Lipinski definition) is 6. The molecule has 1 fully saturated rings. The van der Waals surface area contributed by atoms with Crippen molar-refractivity contribution in [1.29, 1.82) is 0 Å². The van der Waals surface area contributed by atoms with Gasteiger partial charge < -0.3 is 26.5 Å². The normalized spacial score (nSPS) is 14.8. The predicted molar refractivity (Wildman–Crippen MR) is 220 cm³/mol. The highest BCUT2D eigenvalue weighted by atomic mass is 16.2. The number of likely N-dealkylation sites (N-methyl/N-ethyl adjacent to an activating group) is 1. The molecule has 0 bridgehead atoms. The van der Waals surface area contributed by atoms with Crippen LogP contribution in [0.15, 0.2) is 116 Å². The molecule has 0 spiro atoms. The molecule has 7 heteroatoms. The van der Waals surface area contributed by atoms with Gasteiger partial charge in [-0.3, -0.25) is 9.69 Å². The molecule has 0 saturated carbocycles. The number of allylic oxidation sites excluding steroid dienone is 6. The number of aldehydes is 1. The number of rotatable bonds is 15. The summed E-state index contributed by atoms with van der Waals surface area (Å²) in [5.74, 6) is 2.40. The Bertz CT molecular complexity index is 1460. The summed E-state index contributed by atoms with van der Waals surface area (Å²) in [5, 5.41) is 9.58. The summed E-state index contributed by atoms with van der Waals surface area (Å²) in [6.07, 6.45) is 20.8. The Morgan fingerprint density at radius 1 is 1.06 bits per heavy atom. The second-order valence-corrected chi connectivity index (χ2v) is 11.8. The monoisotopic (exact) mass is 693 g/mol. The summed E-state index contributed by atoms with van der Waals surface area (Å²) in [6, 6.07) is 16.9. The smallest absolute Gasteiger partial charge is 0.241 e. The third-order valence-corrected chi connectivity index (χ3v) is 7.91. The van der Waals surface area contributed by atoms with Crippen molar-refractivity contribution in [1.82, 2.24) is 20.9 Å². The summed E-state index contributed by atoms with van der Waals surface area (Å²) in [5.41, 5.74) is 13.7. The van der Waals surface area contributed by atoms with Crippen LogP contribution in [0.4, 0.5) is 0 Å². The van der Waals surface area contributed by atoms with E-state index in [0.717, 1.165) is 57.3 Å². The minimum absolute atomic E-state index is 0.0168. The van der Waals surface area contributed by atoms with E-state index in [-0.39, 0.29) is 18.0 Å². The van der Waals surface area contributed by atoms with Gasteiger partial charge in [0, 0.05) is 36.6 Å². The molecule has 3 rings (SSSR count). The second kappa shape index (κ2) is 29.0. The van der Waals surface area contributed by atoms with Crippen LogP contribution in [0.1, 0.15) is 74.8 Å². The van der Waals surface area contributed by atoms with Gasteiger partial charge in [0.25, 0.3) is 0 Å². The predicted octanol–water partition coefficient (Wildman–Crippen LogP) is 7.73. The molecule has 1 heterocycles. The number of carbonyl (C=O) groups excluding carboxylic acids is 2. The zero-order chi connectivity index (χ0) is 38.4. The number of terminal acetylenes is 1. The molecule has 0 aromatic heterocycles. The lowest BCUT2D eigenvalue weighted by Crippen LogP contribution is -2.45. The summed E-state index contributed by atoms with van der Waals surface area (Å²) in [4.78, 5) is 23.6. The van der Waals surface area contributed by atoms with Gasteiger partial charge in [-0.05, 0) is 120 Å². The summed E-state index contributed by atoms with van der Waals surface area (Å²) in [6.45, 7) is 24.0. The molecule has 7 nitrogen and oxygen atoms in total. The number of carbonyl (C=O) groups is 2. The van der Waals surface area contributed by atoms with Crippen molar-refractivity contribution in [2.24, 2.45) is 5.73 Å². The molecule has 0 aliphatic carbocycles. The van der Waals surface area contributed by atoms with Crippen LogP contribution in [0.2, 0.25) is 0 Å². The van der Waals surface area contributed by atoms with E-state index in [1.807, 2.05) is 38.2 Å². The van der Waals surface area contributed by atoms with E-state index in [0.29, 0.717) is 12.2 Å². The molecule has 0 radical (unpaired) electrons. The third kappa shape index (κ3) is 18.7. The molecule has 0 unspecified atom stereocenters. The summed E-state index contributed by atoms with van der Waals surface area (Å²) in [7, 11) is 1.95. The Morgan fingerprint density at radius 2 is 1.71 bits per heavy atom. The first-order chi connectivity index (χ1) is 24.6. The van der Waals surface area contributed by atoms with Gasteiger partial charge in [-0.25, -0.2) is 0 Å². The van der Waals surface area contributed by atoms with E-state index in [9.17, 15) is 4.79 Å². The van der Waals surface area contributed by atoms with Gasteiger partial charge in [-0.1, -0.05) is 86.7 Å². The number of nitrogens with one attached hydrogen (secondary N) is 3. The van der Waals surface area contributed by atoms with Gasteiger partial charge in [0.1, 0.15) is 6.29 Å². The third-order valence-electron chi connectivity index (χ3n) is 7.91. The maximum absolute atomic E-state index is 12.6. The zero-order valence-electron chi connectivity index (χ0n) is 32.0. The number of nitrogens with zero attached hydrogens (tertiary/aromatic N) is 1. The zero-order valence-corrected chi connectivity index (χ0v) is 32.0. The van der Waals surface area contributed by atoms with E-state index in [1.54, 1.807) is 12.2 Å². The molecular weight excluding hydrogens is 631 g/mol. The molecule has 1 aliphatic rings. The van der Waals surface area contributed by atoms with E-state index in [4.69, 9.17) is 17.0 Å². The Morgan fingerprint density at radius 3 is 2.24 bits per heavy atom. The number of hydrogen-bond donors (Lipinski definition) is 4. The standard InChI is InChI=1S/C20H25N3O.C19H28N2.C3H6.C2H4O/c1-4-10-17(5-2)22-20(24)19-13-9-14-23(19)15-18(21-3)16-11-7-6-8-12-16;1-5-13-21-19(6-2)10-9-17(11-12-20)18-8-7-15(3)16(4)14-18;1-3-2;1-2-3/h1,5-8,10-12,18-19,21H,2,9,13-15H2,3H3,(H,22,24);6-10,14,21H,2,5,11-13,20H2,1,3-4H3;3H,1H2,2H3;2H,1H3/b17-10+;17-9-,19-10+;;/t18-,19-;;;/m0.../s1. The van der Waals surface area contributed by atoms with Gasteiger partial charge in [-0.2, -0.15) is 0 Å². The number of benzene rings is 2. The highest BCUT2D eigenvalue weighted by Gasteiger charge is 2.32. The van der Waals surface area contributed by atoms with Crippen LogP contribution in [-0.2, 0) is 9.59 Å². The van der Waals surface area contributed by atoms with Crippen LogP contribution in [0.5, 0.6) is 0 Å². The van der Waals surface area contributed by atoms with Crippen molar-refractivity contribution in [2.45, 2.75) is 72.4 Å². The average Bonchev–Trinajstić information content (AvgIpc) is 3.61. The summed E-state index contributed by atoms with van der Waals surface area (Å²) < 4.78 is 0.